The smallest absolute Gasteiger partial charge is 0.283 e. The van der Waals surface area contributed by atoms with E-state index in [1.165, 1.54) is 16.8 Å². The van der Waals surface area contributed by atoms with Crippen LogP contribution in [0.1, 0.15) is 48.7 Å². The standard InChI is InChI=1S/C23H24ClN5OS/c1-5-6-10-20-27-29-21(25)17(22(30)26-23(29)31-20)12-16-11-13(2)28(15(16)4)19-9-7-8-18(24)14(19)3/h7-9,11-12,25H,5-6,10H2,1-4H3. The number of unbranched alkanes of at least 4 members (excludes halogenated alkanes) is 1. The first kappa shape index (κ1) is 21.6. The maximum Gasteiger partial charge on any atom is 0.283 e. The van der Waals surface area contributed by atoms with E-state index < -0.39 is 5.91 Å². The van der Waals surface area contributed by atoms with Crippen LogP contribution in [0, 0.1) is 26.2 Å². The van der Waals surface area contributed by atoms with Crippen LogP contribution in [-0.2, 0) is 4.79 Å². The number of rotatable bonds is 5. The third-order valence-corrected chi connectivity index (χ3v) is 6.87. The van der Waals surface area contributed by atoms with Gasteiger partial charge >= 0.3 is 0 Å². The average molecular weight is 454 g/mol. The van der Waals surface area contributed by atoms with Gasteiger partial charge in [-0.3, -0.25) is 10.2 Å². The highest BCUT2D eigenvalue weighted by molar-refractivity contribution is 8.26. The molecule has 0 unspecified atom stereocenters. The van der Waals surface area contributed by atoms with Crippen molar-refractivity contribution in [3.63, 3.8) is 0 Å². The second-order valence-corrected chi connectivity index (χ2v) is 9.11. The van der Waals surface area contributed by atoms with Gasteiger partial charge in [-0.25, -0.2) is 0 Å². The lowest BCUT2D eigenvalue weighted by atomic mass is 10.1. The number of hydrazone groups is 1. The van der Waals surface area contributed by atoms with E-state index in [1.54, 1.807) is 6.08 Å². The Morgan fingerprint density at radius 2 is 2.03 bits per heavy atom. The van der Waals surface area contributed by atoms with E-state index >= 15 is 0 Å². The molecule has 0 aliphatic carbocycles. The molecule has 160 valence electrons. The summed E-state index contributed by atoms with van der Waals surface area (Å²) >= 11 is 7.71. The summed E-state index contributed by atoms with van der Waals surface area (Å²) in [4.78, 5) is 16.9. The van der Waals surface area contributed by atoms with Crippen molar-refractivity contribution in [3.8, 4) is 5.69 Å². The second-order valence-electron chi connectivity index (χ2n) is 7.66. The Balaban J connectivity index is 1.72. The molecule has 4 rings (SSSR count). The molecule has 0 atom stereocenters. The molecular weight excluding hydrogens is 430 g/mol. The molecule has 31 heavy (non-hydrogen) atoms. The molecule has 1 amide bonds. The van der Waals surface area contributed by atoms with Crippen LogP contribution < -0.4 is 0 Å². The average Bonchev–Trinajstić information content (AvgIpc) is 3.26. The normalized spacial score (nSPS) is 17.3. The van der Waals surface area contributed by atoms with Crippen LogP contribution >= 0.6 is 23.4 Å². The molecule has 3 heterocycles. The monoisotopic (exact) mass is 453 g/mol. The molecule has 0 bridgehead atoms. The number of aromatic nitrogens is 1. The SMILES string of the molecule is CCCCC1=NN2C(=N)C(=Cc3cc(C)n(-c4cccc(Cl)c4C)c3C)C(=O)N=C2S1. The van der Waals surface area contributed by atoms with E-state index in [0.29, 0.717) is 10.2 Å². The number of aryl methyl sites for hydroxylation is 1. The van der Waals surface area contributed by atoms with E-state index in [-0.39, 0.29) is 11.4 Å². The van der Waals surface area contributed by atoms with Crippen LogP contribution in [0.25, 0.3) is 11.8 Å². The summed E-state index contributed by atoms with van der Waals surface area (Å²) in [6.07, 6.45) is 4.66. The number of hydrogen-bond acceptors (Lipinski definition) is 4. The summed E-state index contributed by atoms with van der Waals surface area (Å²) in [6.45, 7) is 8.13. The van der Waals surface area contributed by atoms with Crippen molar-refractivity contribution in [3.05, 3.63) is 57.4 Å². The predicted molar refractivity (Wildman–Crippen MR) is 130 cm³/mol. The Kier molecular flexibility index (Phi) is 5.90. The molecule has 0 saturated carbocycles. The number of amidine groups is 2. The molecule has 2 aliphatic heterocycles. The fourth-order valence-electron chi connectivity index (χ4n) is 3.76. The lowest BCUT2D eigenvalue weighted by molar-refractivity contribution is -0.114. The van der Waals surface area contributed by atoms with Crippen molar-refractivity contribution < 1.29 is 4.79 Å². The Bertz CT molecular complexity index is 1190. The van der Waals surface area contributed by atoms with Crippen LogP contribution in [0.3, 0.4) is 0 Å². The topological polar surface area (TPSA) is 73.8 Å². The van der Waals surface area contributed by atoms with Crippen LogP contribution in [-0.4, -0.2) is 31.5 Å². The summed E-state index contributed by atoms with van der Waals surface area (Å²) in [6, 6.07) is 7.84. The van der Waals surface area contributed by atoms with Crippen LogP contribution in [0.5, 0.6) is 0 Å². The minimum atomic E-state index is -0.403. The van der Waals surface area contributed by atoms with Gasteiger partial charge in [0.1, 0.15) is 5.04 Å². The van der Waals surface area contributed by atoms with E-state index in [0.717, 1.165) is 52.5 Å². The fourth-order valence-corrected chi connectivity index (χ4v) is 4.86. The molecule has 0 fully saturated rings. The second kappa shape index (κ2) is 8.48. The molecule has 6 nitrogen and oxygen atoms in total. The zero-order chi connectivity index (χ0) is 22.3. The summed E-state index contributed by atoms with van der Waals surface area (Å²) in [5.41, 5.74) is 5.08. The molecule has 2 aromatic rings. The predicted octanol–water partition coefficient (Wildman–Crippen LogP) is 5.87. The number of benzene rings is 1. The number of fused-ring (bicyclic) bond motifs is 1. The number of hydrogen-bond donors (Lipinski definition) is 1. The largest absolute Gasteiger partial charge is 0.318 e. The minimum Gasteiger partial charge on any atom is -0.318 e. The number of halogens is 1. The molecular formula is C23H24ClN5OS. The number of nitrogens with one attached hydrogen (secondary N) is 1. The third-order valence-electron chi connectivity index (χ3n) is 5.49. The van der Waals surface area contributed by atoms with Crippen LogP contribution in [0.15, 0.2) is 39.9 Å². The zero-order valence-corrected chi connectivity index (χ0v) is 19.6. The van der Waals surface area contributed by atoms with Crippen LogP contribution in [0.2, 0.25) is 5.02 Å². The van der Waals surface area contributed by atoms with Gasteiger partial charge in [-0.15, -0.1) is 0 Å². The minimum absolute atomic E-state index is 0.0673. The quantitative estimate of drug-likeness (QED) is 0.575. The van der Waals surface area contributed by atoms with Gasteiger partial charge in [-0.2, -0.15) is 15.1 Å². The van der Waals surface area contributed by atoms with Crippen molar-refractivity contribution in [2.45, 2.75) is 47.0 Å². The van der Waals surface area contributed by atoms with Gasteiger partial charge in [0.15, 0.2) is 5.84 Å². The highest BCUT2D eigenvalue weighted by Crippen LogP contribution is 2.32. The molecule has 0 saturated heterocycles. The molecule has 1 N–H and O–H groups in total. The maximum atomic E-state index is 12.7. The Morgan fingerprint density at radius 3 is 2.77 bits per heavy atom. The molecule has 1 aromatic heterocycles. The first-order valence-electron chi connectivity index (χ1n) is 10.2. The summed E-state index contributed by atoms with van der Waals surface area (Å²) < 4.78 is 2.12. The van der Waals surface area contributed by atoms with Crippen molar-refractivity contribution in [1.29, 1.82) is 5.41 Å². The van der Waals surface area contributed by atoms with Crippen molar-refractivity contribution in [2.75, 3.05) is 0 Å². The number of carbonyl (C=O) groups excluding carboxylic acids is 1. The van der Waals surface area contributed by atoms with Crippen LogP contribution in [0.4, 0.5) is 0 Å². The lowest BCUT2D eigenvalue weighted by Crippen LogP contribution is -2.35. The fraction of sp³-hybridized carbons (Fsp3) is 0.304. The third kappa shape index (κ3) is 3.88. The molecule has 2 aliphatic rings. The van der Waals surface area contributed by atoms with Gasteiger partial charge in [0.25, 0.3) is 5.91 Å². The molecule has 0 radical (unpaired) electrons. The van der Waals surface area contributed by atoms with Gasteiger partial charge in [0, 0.05) is 22.1 Å². The van der Waals surface area contributed by atoms with Gasteiger partial charge < -0.3 is 4.57 Å². The Hall–Kier alpha value is -2.64. The zero-order valence-electron chi connectivity index (χ0n) is 18.0. The molecule has 8 heteroatoms. The van der Waals surface area contributed by atoms with Gasteiger partial charge in [-0.05, 0) is 80.8 Å². The maximum absolute atomic E-state index is 12.7. The van der Waals surface area contributed by atoms with Gasteiger partial charge in [0.05, 0.1) is 5.57 Å². The highest BCUT2D eigenvalue weighted by atomic mass is 35.5. The summed E-state index contributed by atoms with van der Waals surface area (Å²) in [7, 11) is 0. The van der Waals surface area contributed by atoms with E-state index in [1.807, 2.05) is 45.0 Å². The van der Waals surface area contributed by atoms with E-state index in [4.69, 9.17) is 17.0 Å². The Labute approximate surface area is 191 Å². The number of carbonyl (C=O) groups is 1. The van der Waals surface area contributed by atoms with Gasteiger partial charge in [0.2, 0.25) is 5.17 Å². The molecule has 0 spiro atoms. The lowest BCUT2D eigenvalue weighted by Gasteiger charge is -2.20. The number of amides is 1. The van der Waals surface area contributed by atoms with E-state index in [2.05, 4.69) is 21.6 Å². The Morgan fingerprint density at radius 1 is 1.26 bits per heavy atom. The number of nitrogens with zero attached hydrogens (tertiary/aromatic N) is 4. The first-order chi connectivity index (χ1) is 14.8. The number of aliphatic imine (C=N–C) groups is 1. The van der Waals surface area contributed by atoms with E-state index in [9.17, 15) is 4.79 Å². The molecule has 1 aromatic carbocycles. The van der Waals surface area contributed by atoms with Gasteiger partial charge in [-0.1, -0.05) is 31.0 Å². The first-order valence-corrected chi connectivity index (χ1v) is 11.4. The summed E-state index contributed by atoms with van der Waals surface area (Å²) in [5, 5.41) is 16.7. The van der Waals surface area contributed by atoms with Crippen molar-refractivity contribution >= 4 is 51.4 Å². The van der Waals surface area contributed by atoms with Crippen molar-refractivity contribution in [1.82, 2.24) is 9.58 Å². The highest BCUT2D eigenvalue weighted by Gasteiger charge is 2.35. The summed E-state index contributed by atoms with van der Waals surface area (Å²) in [5.74, 6) is -0.336. The van der Waals surface area contributed by atoms with Crippen molar-refractivity contribution in [2.24, 2.45) is 10.1 Å². The number of thioether (sulfide) groups is 1.